The second-order valence-electron chi connectivity index (χ2n) is 4.91. The molecule has 0 spiro atoms. The van der Waals surface area contributed by atoms with E-state index < -0.39 is 0 Å². The van der Waals surface area contributed by atoms with Gasteiger partial charge in [0, 0.05) is 18.4 Å². The number of nitrogens with one attached hydrogen (secondary N) is 2. The summed E-state index contributed by atoms with van der Waals surface area (Å²) in [5.41, 5.74) is 4.15. The number of nitrogens with zero attached hydrogens (tertiary/aromatic N) is 2. The van der Waals surface area contributed by atoms with E-state index in [0.717, 1.165) is 23.5 Å². The number of rotatable bonds is 4. The van der Waals surface area contributed by atoms with Crippen molar-refractivity contribution in [3.05, 3.63) is 46.2 Å². The Morgan fingerprint density at radius 3 is 2.81 bits per heavy atom. The molecule has 1 aromatic carbocycles. The average molecular weight is 323 g/mol. The minimum atomic E-state index is 0.503. The molecule has 0 bridgehead atoms. The second-order valence-corrected chi connectivity index (χ2v) is 5.72. The highest BCUT2D eigenvalue weighted by Gasteiger charge is 2.07. The fourth-order valence-corrected chi connectivity index (χ4v) is 2.32. The van der Waals surface area contributed by atoms with Gasteiger partial charge in [-0.2, -0.15) is 5.10 Å². The number of thiocarbonyl (C=S) groups is 1. The molecule has 0 amide bonds. The molecule has 1 aromatic heterocycles. The van der Waals surface area contributed by atoms with Gasteiger partial charge in [-0.3, -0.25) is 4.68 Å². The SMILES string of the molecule is CCn1cc(Cl)c(CNC(=S)Nc2cc(C)ccc2C)n1. The highest BCUT2D eigenvalue weighted by Crippen LogP contribution is 2.17. The maximum Gasteiger partial charge on any atom is 0.171 e. The van der Waals surface area contributed by atoms with Crippen LogP contribution in [-0.4, -0.2) is 14.9 Å². The van der Waals surface area contributed by atoms with Crippen LogP contribution in [0.25, 0.3) is 0 Å². The summed E-state index contributed by atoms with van der Waals surface area (Å²) in [4.78, 5) is 0. The molecule has 6 heteroatoms. The van der Waals surface area contributed by atoms with Gasteiger partial charge >= 0.3 is 0 Å². The van der Waals surface area contributed by atoms with Crippen molar-refractivity contribution in [3.8, 4) is 0 Å². The molecule has 0 aliphatic carbocycles. The largest absolute Gasteiger partial charge is 0.357 e. The Morgan fingerprint density at radius 2 is 2.14 bits per heavy atom. The Kier molecular flexibility index (Phi) is 5.20. The van der Waals surface area contributed by atoms with Crippen molar-refractivity contribution in [1.29, 1.82) is 0 Å². The van der Waals surface area contributed by atoms with Gasteiger partial charge in [-0.25, -0.2) is 0 Å². The summed E-state index contributed by atoms with van der Waals surface area (Å²) in [6, 6.07) is 6.22. The standard InChI is InChI=1S/C15H19ClN4S/c1-4-20-9-12(16)14(19-20)8-17-15(21)18-13-7-10(2)5-6-11(13)3/h5-7,9H,4,8H2,1-3H3,(H2,17,18,21). The van der Waals surface area contributed by atoms with Crippen molar-refractivity contribution in [2.24, 2.45) is 0 Å². The van der Waals surface area contributed by atoms with E-state index in [0.29, 0.717) is 16.7 Å². The van der Waals surface area contributed by atoms with Crippen molar-refractivity contribution in [2.45, 2.75) is 33.9 Å². The predicted molar refractivity (Wildman–Crippen MR) is 91.9 cm³/mol. The monoisotopic (exact) mass is 322 g/mol. The molecule has 2 aromatic rings. The van der Waals surface area contributed by atoms with Crippen molar-refractivity contribution in [1.82, 2.24) is 15.1 Å². The molecule has 0 saturated carbocycles. The molecular weight excluding hydrogens is 304 g/mol. The first-order valence-electron chi connectivity index (χ1n) is 6.83. The Bertz CT molecular complexity index is 651. The molecule has 0 saturated heterocycles. The van der Waals surface area contributed by atoms with Gasteiger partial charge in [0.05, 0.1) is 11.6 Å². The Morgan fingerprint density at radius 1 is 1.38 bits per heavy atom. The first-order valence-corrected chi connectivity index (χ1v) is 7.62. The molecule has 112 valence electrons. The van der Waals surface area contributed by atoms with Gasteiger partial charge in [0.25, 0.3) is 0 Å². The zero-order valence-corrected chi connectivity index (χ0v) is 14.0. The molecular formula is C15H19ClN4S. The molecule has 0 atom stereocenters. The lowest BCUT2D eigenvalue weighted by atomic mass is 10.1. The van der Waals surface area contributed by atoms with Gasteiger partial charge in [-0.15, -0.1) is 0 Å². The van der Waals surface area contributed by atoms with Crippen LogP contribution in [-0.2, 0) is 13.1 Å². The molecule has 0 unspecified atom stereocenters. The zero-order chi connectivity index (χ0) is 15.4. The molecule has 2 rings (SSSR count). The van der Waals surface area contributed by atoms with Gasteiger partial charge in [0.15, 0.2) is 5.11 Å². The maximum absolute atomic E-state index is 6.13. The van der Waals surface area contributed by atoms with E-state index in [1.54, 1.807) is 4.68 Å². The van der Waals surface area contributed by atoms with Crippen LogP contribution < -0.4 is 10.6 Å². The fraction of sp³-hybridized carbons (Fsp3) is 0.333. The van der Waals surface area contributed by atoms with E-state index in [1.165, 1.54) is 5.56 Å². The number of benzene rings is 1. The van der Waals surface area contributed by atoms with E-state index in [1.807, 2.05) is 20.0 Å². The van der Waals surface area contributed by atoms with Crippen molar-refractivity contribution < 1.29 is 0 Å². The van der Waals surface area contributed by atoms with Crippen LogP contribution >= 0.6 is 23.8 Å². The van der Waals surface area contributed by atoms with Gasteiger partial charge in [-0.1, -0.05) is 23.7 Å². The number of aryl methyl sites for hydroxylation is 3. The fourth-order valence-electron chi connectivity index (χ4n) is 1.92. The lowest BCUT2D eigenvalue weighted by Gasteiger charge is -2.12. The van der Waals surface area contributed by atoms with Crippen LogP contribution in [0.3, 0.4) is 0 Å². The first-order chi connectivity index (χ1) is 9.99. The summed E-state index contributed by atoms with van der Waals surface area (Å²) in [7, 11) is 0. The molecule has 2 N–H and O–H groups in total. The van der Waals surface area contributed by atoms with Crippen LogP contribution in [0.5, 0.6) is 0 Å². The van der Waals surface area contributed by atoms with E-state index in [4.69, 9.17) is 23.8 Å². The number of halogens is 1. The first kappa shape index (κ1) is 15.8. The third-order valence-electron chi connectivity index (χ3n) is 3.17. The molecule has 0 fully saturated rings. The van der Waals surface area contributed by atoms with Crippen molar-refractivity contribution in [2.75, 3.05) is 5.32 Å². The average Bonchev–Trinajstić information content (AvgIpc) is 2.81. The van der Waals surface area contributed by atoms with Crippen molar-refractivity contribution in [3.63, 3.8) is 0 Å². The highest BCUT2D eigenvalue weighted by atomic mass is 35.5. The third-order valence-corrected chi connectivity index (χ3v) is 3.73. The lowest BCUT2D eigenvalue weighted by Crippen LogP contribution is -2.28. The number of anilines is 1. The molecule has 0 aliphatic heterocycles. The molecule has 0 aliphatic rings. The van der Waals surface area contributed by atoms with Crippen LogP contribution in [0.2, 0.25) is 5.02 Å². The molecule has 4 nitrogen and oxygen atoms in total. The van der Waals surface area contributed by atoms with Crippen LogP contribution in [0.15, 0.2) is 24.4 Å². The minimum Gasteiger partial charge on any atom is -0.357 e. The molecule has 1 heterocycles. The van der Waals surface area contributed by atoms with E-state index in [9.17, 15) is 0 Å². The Balaban J connectivity index is 1.95. The zero-order valence-electron chi connectivity index (χ0n) is 12.4. The molecule has 21 heavy (non-hydrogen) atoms. The van der Waals surface area contributed by atoms with E-state index >= 15 is 0 Å². The van der Waals surface area contributed by atoms with Crippen LogP contribution in [0.4, 0.5) is 5.69 Å². The normalized spacial score (nSPS) is 10.5. The second kappa shape index (κ2) is 6.91. The van der Waals surface area contributed by atoms with Crippen LogP contribution in [0, 0.1) is 13.8 Å². The summed E-state index contributed by atoms with van der Waals surface area (Å²) in [5, 5.41) is 11.9. The van der Waals surface area contributed by atoms with Gasteiger partial charge in [0.2, 0.25) is 0 Å². The number of hydrogen-bond acceptors (Lipinski definition) is 2. The minimum absolute atomic E-state index is 0.503. The number of hydrogen-bond donors (Lipinski definition) is 2. The van der Waals surface area contributed by atoms with Gasteiger partial charge < -0.3 is 10.6 Å². The Labute approximate surface area is 135 Å². The highest BCUT2D eigenvalue weighted by molar-refractivity contribution is 7.80. The quantitative estimate of drug-likeness (QED) is 0.843. The summed E-state index contributed by atoms with van der Waals surface area (Å²) in [6.45, 7) is 7.42. The molecule has 0 radical (unpaired) electrons. The Hall–Kier alpha value is -1.59. The van der Waals surface area contributed by atoms with Crippen molar-refractivity contribution >= 4 is 34.6 Å². The summed E-state index contributed by atoms with van der Waals surface area (Å²) in [6.07, 6.45) is 1.82. The van der Waals surface area contributed by atoms with E-state index in [2.05, 4.69) is 40.9 Å². The summed E-state index contributed by atoms with van der Waals surface area (Å²) in [5.74, 6) is 0. The van der Waals surface area contributed by atoms with E-state index in [-0.39, 0.29) is 0 Å². The van der Waals surface area contributed by atoms with Gasteiger partial charge in [-0.05, 0) is 50.2 Å². The summed E-state index contributed by atoms with van der Waals surface area (Å²) < 4.78 is 1.81. The third kappa shape index (κ3) is 4.19. The summed E-state index contributed by atoms with van der Waals surface area (Å²) >= 11 is 11.4. The number of aromatic nitrogens is 2. The lowest BCUT2D eigenvalue weighted by molar-refractivity contribution is 0.643. The smallest absolute Gasteiger partial charge is 0.171 e. The maximum atomic E-state index is 6.13. The topological polar surface area (TPSA) is 41.9 Å². The predicted octanol–water partition coefficient (Wildman–Crippen LogP) is 3.66. The van der Waals surface area contributed by atoms with Gasteiger partial charge in [0.1, 0.15) is 5.69 Å². The van der Waals surface area contributed by atoms with Crippen LogP contribution in [0.1, 0.15) is 23.7 Å².